The molecule has 0 atom stereocenters. The van der Waals surface area contributed by atoms with Gasteiger partial charge >= 0.3 is 6.18 Å². The molecule has 2 amide bonds. The second-order valence-corrected chi connectivity index (χ2v) is 3.80. The summed E-state index contributed by atoms with van der Waals surface area (Å²) in [5.41, 5.74) is 0.0821. The van der Waals surface area contributed by atoms with Gasteiger partial charge in [0, 0.05) is 13.2 Å². The second-order valence-electron chi connectivity index (χ2n) is 3.80. The lowest BCUT2D eigenvalue weighted by atomic mass is 10.3. The van der Waals surface area contributed by atoms with Gasteiger partial charge in [0.25, 0.3) is 5.91 Å². The van der Waals surface area contributed by atoms with Crippen molar-refractivity contribution >= 4 is 11.8 Å². The fourth-order valence-corrected chi connectivity index (χ4v) is 1.29. The predicted octanol–water partition coefficient (Wildman–Crippen LogP) is -0.163. The number of carbonyl (C=O) groups excluding carboxylic acids is 2. The van der Waals surface area contributed by atoms with Gasteiger partial charge in [0.15, 0.2) is 0 Å². The summed E-state index contributed by atoms with van der Waals surface area (Å²) in [7, 11) is 2.88. The molecule has 1 heterocycles. The number of methoxy groups -OCH3 is 1. The maximum Gasteiger partial charge on any atom is 0.405 e. The molecule has 0 unspecified atom stereocenters. The Morgan fingerprint density at radius 3 is 2.60 bits per heavy atom. The molecule has 0 saturated carbocycles. The van der Waals surface area contributed by atoms with Crippen LogP contribution in [0.4, 0.5) is 13.2 Å². The summed E-state index contributed by atoms with van der Waals surface area (Å²) in [6, 6.07) is 0. The Kier molecular flexibility index (Phi) is 4.94. The van der Waals surface area contributed by atoms with Gasteiger partial charge in [-0.15, -0.1) is 5.10 Å². The van der Waals surface area contributed by atoms with Crippen LogP contribution in [0.5, 0.6) is 5.88 Å². The fraction of sp³-hybridized carbons (Fsp3) is 0.500. The Morgan fingerprint density at radius 1 is 1.40 bits per heavy atom. The first kappa shape index (κ1) is 15.8. The quantitative estimate of drug-likeness (QED) is 0.790. The van der Waals surface area contributed by atoms with E-state index >= 15 is 0 Å². The number of hydrogen-bond acceptors (Lipinski definition) is 4. The van der Waals surface area contributed by atoms with Crippen molar-refractivity contribution in [3.63, 3.8) is 0 Å². The minimum absolute atomic E-state index is 0.0562. The van der Waals surface area contributed by atoms with Crippen LogP contribution in [-0.4, -0.2) is 48.0 Å². The molecule has 0 bridgehead atoms. The Hall–Kier alpha value is -2.26. The lowest BCUT2D eigenvalue weighted by Gasteiger charge is -2.08. The molecule has 7 nitrogen and oxygen atoms in total. The molecule has 0 aliphatic heterocycles. The summed E-state index contributed by atoms with van der Waals surface area (Å²) < 4.78 is 41.7. The van der Waals surface area contributed by atoms with E-state index in [0.717, 1.165) is 0 Å². The number of carbonyl (C=O) groups is 2. The molecule has 2 N–H and O–H groups in total. The van der Waals surface area contributed by atoms with E-state index in [1.54, 1.807) is 12.4 Å². The van der Waals surface area contributed by atoms with Crippen LogP contribution < -0.4 is 15.4 Å². The normalized spacial score (nSPS) is 11.1. The van der Waals surface area contributed by atoms with Crippen LogP contribution in [0.1, 0.15) is 10.4 Å². The zero-order chi connectivity index (χ0) is 15.3. The van der Waals surface area contributed by atoms with Gasteiger partial charge in [-0.05, 0) is 0 Å². The van der Waals surface area contributed by atoms with Crippen LogP contribution in [0, 0.1) is 0 Å². The molecule has 0 spiro atoms. The van der Waals surface area contributed by atoms with Gasteiger partial charge in [-0.1, -0.05) is 0 Å². The standard InChI is InChI=1S/C10H13F3N4O3/c1-17-4-6(9(16-17)20-2)8(19)14-3-7(18)15-5-10(11,12)13/h4H,3,5H2,1-2H3,(H,14,19)(H,15,18). The highest BCUT2D eigenvalue weighted by Gasteiger charge is 2.27. The third kappa shape index (κ3) is 4.78. The Morgan fingerprint density at radius 2 is 2.05 bits per heavy atom. The number of amides is 2. The first-order chi connectivity index (χ1) is 9.23. The molecule has 0 aliphatic rings. The minimum Gasteiger partial charge on any atom is -0.479 e. The van der Waals surface area contributed by atoms with Gasteiger partial charge in [-0.2, -0.15) is 13.2 Å². The smallest absolute Gasteiger partial charge is 0.405 e. The lowest BCUT2D eigenvalue weighted by Crippen LogP contribution is -2.40. The molecule has 0 aliphatic carbocycles. The largest absolute Gasteiger partial charge is 0.479 e. The van der Waals surface area contributed by atoms with E-state index < -0.39 is 31.1 Å². The number of alkyl halides is 3. The Balaban J connectivity index is 2.49. The van der Waals surface area contributed by atoms with Gasteiger partial charge < -0.3 is 15.4 Å². The predicted molar refractivity (Wildman–Crippen MR) is 61.2 cm³/mol. The summed E-state index contributed by atoms with van der Waals surface area (Å²) in [6.45, 7) is -2.02. The topological polar surface area (TPSA) is 85.2 Å². The van der Waals surface area contributed by atoms with Crippen LogP contribution in [0.3, 0.4) is 0 Å². The van der Waals surface area contributed by atoms with E-state index in [-0.39, 0.29) is 11.4 Å². The molecule has 112 valence electrons. The van der Waals surface area contributed by atoms with Crippen molar-refractivity contribution in [3.8, 4) is 5.88 Å². The number of aryl methyl sites for hydroxylation is 1. The maximum atomic E-state index is 11.9. The maximum absolute atomic E-state index is 11.9. The Bertz CT molecular complexity index is 498. The Labute approximate surface area is 112 Å². The first-order valence-electron chi connectivity index (χ1n) is 5.42. The van der Waals surface area contributed by atoms with E-state index in [9.17, 15) is 22.8 Å². The zero-order valence-electron chi connectivity index (χ0n) is 10.7. The van der Waals surface area contributed by atoms with E-state index in [1.165, 1.54) is 18.0 Å². The summed E-state index contributed by atoms with van der Waals surface area (Å²) in [5, 5.41) is 7.63. The van der Waals surface area contributed by atoms with Crippen molar-refractivity contribution < 1.29 is 27.5 Å². The van der Waals surface area contributed by atoms with Crippen molar-refractivity contribution in [1.29, 1.82) is 0 Å². The molecule has 0 saturated heterocycles. The molecule has 0 aromatic carbocycles. The molecule has 20 heavy (non-hydrogen) atoms. The van der Waals surface area contributed by atoms with Gasteiger partial charge in [0.2, 0.25) is 11.8 Å². The summed E-state index contributed by atoms with van der Waals surface area (Å²) >= 11 is 0. The molecule has 0 radical (unpaired) electrons. The fourth-order valence-electron chi connectivity index (χ4n) is 1.29. The number of ether oxygens (including phenoxy) is 1. The van der Waals surface area contributed by atoms with Crippen molar-refractivity contribution in [2.75, 3.05) is 20.2 Å². The third-order valence-electron chi connectivity index (χ3n) is 2.13. The summed E-state index contributed by atoms with van der Waals surface area (Å²) in [4.78, 5) is 22.8. The molecule has 1 rings (SSSR count). The highest BCUT2D eigenvalue weighted by Crippen LogP contribution is 2.14. The van der Waals surface area contributed by atoms with E-state index in [1.807, 2.05) is 0 Å². The first-order valence-corrected chi connectivity index (χ1v) is 5.42. The average molecular weight is 294 g/mol. The van der Waals surface area contributed by atoms with Gasteiger partial charge in [0.1, 0.15) is 12.1 Å². The van der Waals surface area contributed by atoms with Crippen LogP contribution >= 0.6 is 0 Å². The molecule has 10 heteroatoms. The van der Waals surface area contributed by atoms with Gasteiger partial charge in [0.05, 0.1) is 13.7 Å². The molecular formula is C10H13F3N4O3. The summed E-state index contributed by atoms with van der Waals surface area (Å²) in [6.07, 6.45) is -3.13. The number of hydrogen-bond donors (Lipinski definition) is 2. The third-order valence-corrected chi connectivity index (χ3v) is 2.13. The lowest BCUT2D eigenvalue weighted by molar-refractivity contribution is -0.137. The highest BCUT2D eigenvalue weighted by atomic mass is 19.4. The van der Waals surface area contributed by atoms with Crippen LogP contribution in [0.25, 0.3) is 0 Å². The van der Waals surface area contributed by atoms with Crippen LogP contribution in [-0.2, 0) is 11.8 Å². The molecule has 1 aromatic rings. The molecule has 0 fully saturated rings. The number of aromatic nitrogens is 2. The molecular weight excluding hydrogens is 281 g/mol. The zero-order valence-corrected chi connectivity index (χ0v) is 10.7. The van der Waals surface area contributed by atoms with E-state index in [0.29, 0.717) is 0 Å². The van der Waals surface area contributed by atoms with E-state index in [4.69, 9.17) is 4.74 Å². The van der Waals surface area contributed by atoms with Crippen molar-refractivity contribution in [2.45, 2.75) is 6.18 Å². The van der Waals surface area contributed by atoms with Crippen molar-refractivity contribution in [3.05, 3.63) is 11.8 Å². The van der Waals surface area contributed by atoms with Crippen LogP contribution in [0.2, 0.25) is 0 Å². The monoisotopic (exact) mass is 294 g/mol. The van der Waals surface area contributed by atoms with Crippen LogP contribution in [0.15, 0.2) is 6.20 Å². The minimum atomic E-state index is -4.49. The summed E-state index contributed by atoms with van der Waals surface area (Å²) in [5.74, 6) is -1.56. The number of nitrogens with one attached hydrogen (secondary N) is 2. The number of halogens is 3. The highest BCUT2D eigenvalue weighted by molar-refractivity contribution is 5.98. The number of rotatable bonds is 5. The van der Waals surface area contributed by atoms with Crippen molar-refractivity contribution in [1.82, 2.24) is 20.4 Å². The second kappa shape index (κ2) is 6.26. The average Bonchev–Trinajstić information content (AvgIpc) is 2.74. The number of nitrogens with zero attached hydrogens (tertiary/aromatic N) is 2. The van der Waals surface area contributed by atoms with Gasteiger partial charge in [-0.3, -0.25) is 14.3 Å². The van der Waals surface area contributed by atoms with Crippen molar-refractivity contribution in [2.24, 2.45) is 7.05 Å². The SMILES string of the molecule is COc1nn(C)cc1C(=O)NCC(=O)NCC(F)(F)F. The van der Waals surface area contributed by atoms with Gasteiger partial charge in [-0.25, -0.2) is 0 Å². The molecule has 1 aromatic heterocycles. The van der Waals surface area contributed by atoms with E-state index in [2.05, 4.69) is 10.4 Å².